The van der Waals surface area contributed by atoms with Crippen molar-refractivity contribution in [2.45, 2.75) is 0 Å². The first-order chi connectivity index (χ1) is 2.27. The fourth-order valence-electron chi connectivity index (χ4n) is 0. The van der Waals surface area contributed by atoms with Gasteiger partial charge in [0.05, 0.1) is 0 Å². The van der Waals surface area contributed by atoms with Crippen LogP contribution >= 0.6 is 0 Å². The summed E-state index contributed by atoms with van der Waals surface area (Å²) in [6, 6.07) is 0. The second-order valence-electron chi connectivity index (χ2n) is 1.37. The first-order valence-corrected chi connectivity index (χ1v) is 1.87. The number of hydrogen-bond acceptors (Lipinski definition) is 0. The lowest BCUT2D eigenvalue weighted by atomic mass is 9.75. The molecule has 0 aliphatic heterocycles. The van der Waals surface area contributed by atoms with Crippen molar-refractivity contribution in [1.29, 1.82) is 0 Å². The Labute approximate surface area is 35.9 Å². The van der Waals surface area contributed by atoms with Crippen LogP contribution in [0.4, 0.5) is 0 Å². The van der Waals surface area contributed by atoms with Crippen molar-refractivity contribution < 1.29 is 0 Å². The van der Waals surface area contributed by atoms with E-state index in [-0.39, 0.29) is 0 Å². The highest BCUT2D eigenvalue weighted by atomic mass is 13.3. The molecule has 3 heteroatoms. The third-order valence-corrected chi connectivity index (χ3v) is 0.577. The van der Waals surface area contributed by atoms with Crippen LogP contribution in [-0.2, 0) is 0 Å². The van der Waals surface area contributed by atoms with Crippen molar-refractivity contribution >= 4 is 23.5 Å². The maximum absolute atomic E-state index is 2.08. The zero-order valence-corrected chi connectivity index (χ0v) is 4.08. The maximum Gasteiger partial charge on any atom is 0.127 e. The van der Waals surface area contributed by atoms with Crippen LogP contribution in [0.15, 0.2) is 11.3 Å². The van der Waals surface area contributed by atoms with E-state index in [1.165, 1.54) is 5.37 Å². The first kappa shape index (κ1) is 4.93. The molecule has 0 rings (SSSR count). The summed E-state index contributed by atoms with van der Waals surface area (Å²) in [4.78, 5) is 0. The van der Waals surface area contributed by atoms with E-state index in [1.54, 1.807) is 0 Å². The van der Waals surface area contributed by atoms with Crippen LogP contribution < -0.4 is 0 Å². The molecule has 0 saturated carbocycles. The van der Waals surface area contributed by atoms with Gasteiger partial charge >= 0.3 is 0 Å². The third-order valence-electron chi connectivity index (χ3n) is 0.577. The van der Waals surface area contributed by atoms with Gasteiger partial charge in [-0.3, -0.25) is 0 Å². The molecule has 0 nitrogen and oxygen atoms in total. The molecule has 5 heavy (non-hydrogen) atoms. The molecule has 0 radical (unpaired) electrons. The topological polar surface area (TPSA) is 0 Å². The van der Waals surface area contributed by atoms with Gasteiger partial charge in [0.2, 0.25) is 0 Å². The quantitative estimate of drug-likeness (QED) is 0.277. The summed E-state index contributed by atoms with van der Waals surface area (Å²) in [6.07, 6.45) is 0. The van der Waals surface area contributed by atoms with E-state index in [0.29, 0.717) is 0 Å². The Balaban J connectivity index is 3.14. The van der Waals surface area contributed by atoms with E-state index in [4.69, 9.17) is 0 Å². The van der Waals surface area contributed by atoms with Gasteiger partial charge < -0.3 is 0 Å². The minimum Gasteiger partial charge on any atom is -0.158 e. The van der Waals surface area contributed by atoms with Crippen molar-refractivity contribution in [3.63, 3.8) is 0 Å². The van der Waals surface area contributed by atoms with Crippen LogP contribution in [0.3, 0.4) is 0 Å². The predicted octanol–water partition coefficient (Wildman–Crippen LogP) is -2.32. The monoisotopic (exact) mass is 64.1 g/mol. The van der Waals surface area contributed by atoms with Gasteiger partial charge in [-0.1, -0.05) is 0 Å². The average molecular weight is 63.5 g/mol. The predicted molar refractivity (Wildman–Crippen MR) is 33.7 cm³/mol. The molecule has 0 aliphatic rings. The van der Waals surface area contributed by atoms with Crippen LogP contribution in [0.1, 0.15) is 0 Å². The summed E-state index contributed by atoms with van der Waals surface area (Å²) in [7, 11) is 6.20. The summed E-state index contributed by atoms with van der Waals surface area (Å²) in [5.41, 5.74) is 0. The maximum atomic E-state index is 2.08. The minimum atomic E-state index is 1.38. The molecule has 0 unspecified atom stereocenters. The molecule has 0 aromatic rings. The van der Waals surface area contributed by atoms with Crippen LogP contribution in [0, 0.1) is 0 Å². The highest BCUT2D eigenvalue weighted by Crippen LogP contribution is 1.65. The van der Waals surface area contributed by atoms with Gasteiger partial charge in [0.1, 0.15) is 23.5 Å². The molecule has 0 spiro atoms. The minimum absolute atomic E-state index is 1.38. The number of rotatable bonds is 0. The molecule has 0 atom stereocenters. The Kier molecular flexibility index (Phi) is 2.16. The normalized spacial score (nSPS) is 6.40. The Morgan fingerprint density at radius 3 is 1.60 bits per heavy atom. The third kappa shape index (κ3) is 3.93. The first-order valence-electron chi connectivity index (χ1n) is 1.87. The fraction of sp³-hybridized carbons (Fsp3) is 0. The van der Waals surface area contributed by atoms with Gasteiger partial charge in [-0.2, -0.15) is 5.37 Å². The Bertz CT molecular complexity index is 42.9. The number of hydrogen-bond donors (Lipinski definition) is 0. The molecule has 0 aliphatic carbocycles. The average Bonchev–Trinajstić information content (AvgIpc) is 1.38. The van der Waals surface area contributed by atoms with E-state index >= 15 is 0 Å². The summed E-state index contributed by atoms with van der Waals surface area (Å²) < 4.78 is 0. The Morgan fingerprint density at radius 1 is 1.40 bits per heavy atom. The summed E-state index contributed by atoms with van der Waals surface area (Å²) in [6.45, 7) is 0. The van der Waals surface area contributed by atoms with Crippen LogP contribution in [-0.4, -0.2) is 23.5 Å². The molecule has 0 aromatic heterocycles. The molecule has 0 bridgehead atoms. The molecule has 24 valence electrons. The van der Waals surface area contributed by atoms with E-state index in [9.17, 15) is 0 Å². The Morgan fingerprint density at radius 2 is 1.60 bits per heavy atom. The summed E-state index contributed by atoms with van der Waals surface area (Å²) in [5, 5.41) is 1.38. The van der Waals surface area contributed by atoms with Gasteiger partial charge in [-0.25, -0.2) is 0 Å². The van der Waals surface area contributed by atoms with Gasteiger partial charge in [0, 0.05) is 0 Å². The fourth-order valence-corrected chi connectivity index (χ4v) is 0. The van der Waals surface area contributed by atoms with Crippen molar-refractivity contribution in [3.05, 3.63) is 11.3 Å². The zero-order chi connectivity index (χ0) is 4.28. The summed E-state index contributed by atoms with van der Waals surface area (Å²) in [5.74, 6) is 2.08. The van der Waals surface area contributed by atoms with Crippen molar-refractivity contribution in [3.8, 4) is 0 Å². The van der Waals surface area contributed by atoms with E-state index in [1.807, 2.05) is 7.85 Å². The molecule has 0 fully saturated rings. The summed E-state index contributed by atoms with van der Waals surface area (Å²) >= 11 is 0. The van der Waals surface area contributed by atoms with Crippen molar-refractivity contribution in [1.82, 2.24) is 0 Å². The molecule has 0 aromatic carbocycles. The molecule has 0 heterocycles. The molecule has 0 saturated heterocycles. The van der Waals surface area contributed by atoms with Crippen molar-refractivity contribution in [2.24, 2.45) is 0 Å². The molecule has 0 amide bonds. The van der Waals surface area contributed by atoms with Gasteiger partial charge in [0.15, 0.2) is 0 Å². The largest absolute Gasteiger partial charge is 0.158 e. The standard InChI is InChI=1S/C2H7B3/c3-1-2(4)5/h1H,3-5H2. The second kappa shape index (κ2) is 2.19. The van der Waals surface area contributed by atoms with Crippen LogP contribution in [0.5, 0.6) is 0 Å². The lowest BCUT2D eigenvalue weighted by Gasteiger charge is -1.72. The lowest BCUT2D eigenvalue weighted by molar-refractivity contribution is 2.35. The highest BCUT2D eigenvalue weighted by molar-refractivity contribution is 6.50. The molecular formula is C2H7B3. The Hall–Kier alpha value is -0.0652. The zero-order valence-electron chi connectivity index (χ0n) is 4.08. The highest BCUT2D eigenvalue weighted by Gasteiger charge is 1.63. The van der Waals surface area contributed by atoms with E-state index < -0.39 is 0 Å². The molecular weight excluding hydrogens is 56.5 g/mol. The molecule has 0 N–H and O–H groups in total. The SMILES string of the molecule is BC=C(B)B. The smallest absolute Gasteiger partial charge is 0.127 e. The van der Waals surface area contributed by atoms with Crippen LogP contribution in [0.2, 0.25) is 0 Å². The van der Waals surface area contributed by atoms with Crippen molar-refractivity contribution in [2.75, 3.05) is 0 Å². The van der Waals surface area contributed by atoms with Gasteiger partial charge in [-0.05, 0) is 0 Å². The van der Waals surface area contributed by atoms with Gasteiger partial charge in [-0.15, -0.1) is 5.98 Å². The van der Waals surface area contributed by atoms with Gasteiger partial charge in [0.25, 0.3) is 0 Å². The lowest BCUT2D eigenvalue weighted by Crippen LogP contribution is -1.74. The van der Waals surface area contributed by atoms with E-state index in [2.05, 4.69) is 21.7 Å². The second-order valence-corrected chi connectivity index (χ2v) is 1.37. The van der Waals surface area contributed by atoms with Crippen LogP contribution in [0.25, 0.3) is 0 Å². The van der Waals surface area contributed by atoms with E-state index in [0.717, 1.165) is 0 Å².